The summed E-state index contributed by atoms with van der Waals surface area (Å²) in [5, 5.41) is 11.9. The first kappa shape index (κ1) is 16.6. The van der Waals surface area contributed by atoms with Gasteiger partial charge in [0, 0.05) is 37.8 Å². The third-order valence-electron chi connectivity index (χ3n) is 6.85. The van der Waals surface area contributed by atoms with E-state index >= 15 is 0 Å². The topological polar surface area (TPSA) is 84.1 Å². The summed E-state index contributed by atoms with van der Waals surface area (Å²) in [7, 11) is 1.84. The minimum Gasteiger partial charge on any atom is -0.469 e. The molecule has 0 spiro atoms. The highest BCUT2D eigenvalue weighted by molar-refractivity contribution is 5.94. The van der Waals surface area contributed by atoms with Crippen LogP contribution in [0.4, 0.5) is 5.82 Å². The molecule has 2 bridgehead atoms. The summed E-state index contributed by atoms with van der Waals surface area (Å²) in [5.74, 6) is 3.03. The van der Waals surface area contributed by atoms with E-state index in [0.29, 0.717) is 24.3 Å². The fourth-order valence-corrected chi connectivity index (χ4v) is 5.30. The van der Waals surface area contributed by atoms with E-state index in [1.807, 2.05) is 35.1 Å². The Morgan fingerprint density at radius 2 is 2.07 bits per heavy atom. The van der Waals surface area contributed by atoms with Crippen LogP contribution in [0.3, 0.4) is 0 Å². The Labute approximate surface area is 163 Å². The van der Waals surface area contributed by atoms with E-state index in [2.05, 4.69) is 16.5 Å². The maximum absolute atomic E-state index is 12.9. The molecule has 3 N–H and O–H groups in total. The number of carbonyl (C=O) groups is 1. The number of allylic oxidation sites excluding steroid dienone is 1. The van der Waals surface area contributed by atoms with Crippen molar-refractivity contribution in [2.24, 2.45) is 17.8 Å². The second kappa shape index (κ2) is 5.85. The van der Waals surface area contributed by atoms with Gasteiger partial charge in [0.2, 0.25) is 0 Å². The Morgan fingerprint density at radius 1 is 1.29 bits per heavy atom. The molecule has 4 aliphatic heterocycles. The van der Waals surface area contributed by atoms with Crippen LogP contribution >= 0.6 is 0 Å². The lowest BCUT2D eigenvalue weighted by molar-refractivity contribution is 0.0166. The number of amides is 1. The number of carbonyl (C=O) groups excluding carboxylic acids is 1. The summed E-state index contributed by atoms with van der Waals surface area (Å²) in [4.78, 5) is 20.2. The Morgan fingerprint density at radius 3 is 2.86 bits per heavy atom. The van der Waals surface area contributed by atoms with Crippen LogP contribution in [0.25, 0.3) is 0 Å². The fraction of sp³-hybridized carbons (Fsp3) is 0.550. The number of aliphatic hydroxyl groups excluding tert-OH is 1. The summed E-state index contributed by atoms with van der Waals surface area (Å²) in [6.45, 7) is 2.17. The molecule has 3 unspecified atom stereocenters. The maximum Gasteiger partial charge on any atom is 0.270 e. The molecule has 2 aliphatic carbocycles. The zero-order valence-electron chi connectivity index (χ0n) is 15.8. The highest BCUT2D eigenvalue weighted by Crippen LogP contribution is 2.42. The number of rotatable bonds is 2. The number of fused-ring (bicyclic) bond motifs is 4. The zero-order valence-corrected chi connectivity index (χ0v) is 15.8. The van der Waals surface area contributed by atoms with Crippen LogP contribution in [0.2, 0.25) is 0 Å². The van der Waals surface area contributed by atoms with Gasteiger partial charge < -0.3 is 19.7 Å². The molecule has 1 amide bonds. The van der Waals surface area contributed by atoms with E-state index in [0.717, 1.165) is 30.4 Å². The highest BCUT2D eigenvalue weighted by atomic mass is 16.5. The van der Waals surface area contributed by atoms with E-state index < -0.39 is 6.23 Å². The summed E-state index contributed by atoms with van der Waals surface area (Å²) in [5.41, 5.74) is 4.87. The van der Waals surface area contributed by atoms with E-state index in [9.17, 15) is 9.90 Å². The average Bonchev–Trinajstić information content (AvgIpc) is 3.34. The second-order valence-corrected chi connectivity index (χ2v) is 8.72. The molecule has 4 fully saturated rings. The minimum absolute atomic E-state index is 0.0306. The van der Waals surface area contributed by atoms with Gasteiger partial charge in [0.15, 0.2) is 18.3 Å². The van der Waals surface area contributed by atoms with E-state index in [-0.39, 0.29) is 17.9 Å². The first-order valence-electron chi connectivity index (χ1n) is 10.1. The predicted octanol–water partition coefficient (Wildman–Crippen LogP) is 0.860. The van der Waals surface area contributed by atoms with Crippen LogP contribution in [0, 0.1) is 17.8 Å². The molecule has 1 aromatic heterocycles. The number of hydrogen-bond acceptors (Lipinski definition) is 6. The monoisotopic (exact) mass is 383 g/mol. The number of nitrogens with zero attached hydrogens (tertiary/aromatic N) is 3. The largest absolute Gasteiger partial charge is 0.469 e. The van der Waals surface area contributed by atoms with E-state index in [1.54, 1.807) is 5.01 Å². The van der Waals surface area contributed by atoms with Gasteiger partial charge in [0.25, 0.3) is 5.91 Å². The lowest BCUT2D eigenvalue weighted by atomic mass is 9.71. The van der Waals surface area contributed by atoms with Crippen molar-refractivity contribution in [2.75, 3.05) is 31.8 Å². The van der Waals surface area contributed by atoms with Gasteiger partial charge in [-0.05, 0) is 36.8 Å². The smallest absolute Gasteiger partial charge is 0.270 e. The fourth-order valence-electron chi connectivity index (χ4n) is 5.30. The Hall–Kier alpha value is -2.29. The molecule has 3 atom stereocenters. The highest BCUT2D eigenvalue weighted by Gasteiger charge is 2.41. The van der Waals surface area contributed by atoms with E-state index in [1.165, 1.54) is 12.8 Å². The third-order valence-corrected chi connectivity index (χ3v) is 6.85. The van der Waals surface area contributed by atoms with Crippen molar-refractivity contribution >= 4 is 11.7 Å². The number of H-pyrrole nitrogens is 1. The Kier molecular flexibility index (Phi) is 3.48. The third kappa shape index (κ3) is 2.38. The van der Waals surface area contributed by atoms with Gasteiger partial charge in [0.1, 0.15) is 11.9 Å². The van der Waals surface area contributed by atoms with Gasteiger partial charge in [-0.2, -0.15) is 0 Å². The van der Waals surface area contributed by atoms with Crippen molar-refractivity contribution in [1.29, 1.82) is 0 Å². The summed E-state index contributed by atoms with van der Waals surface area (Å²) < 4.78 is 5.83. The second-order valence-electron chi connectivity index (χ2n) is 8.72. The Balaban J connectivity index is 1.23. The van der Waals surface area contributed by atoms with Crippen LogP contribution in [0.15, 0.2) is 30.0 Å². The molecular formula is C20H25N5O3. The van der Waals surface area contributed by atoms with Crippen molar-refractivity contribution in [3.63, 3.8) is 0 Å². The molecule has 0 aromatic carbocycles. The number of anilines is 1. The molecule has 0 radical (unpaired) electrons. The van der Waals surface area contributed by atoms with Gasteiger partial charge in [-0.1, -0.05) is 6.08 Å². The molecule has 148 valence electrons. The molecule has 8 heteroatoms. The molecule has 1 saturated carbocycles. The molecule has 7 rings (SSSR count). The normalized spacial score (nSPS) is 35.9. The SMILES string of the molecule is CN1NC2C=C(N3COc4cc(C(=O)N5CC6CC(C6)C5)[nH]c43)C=CC2C1O. The van der Waals surface area contributed by atoms with Gasteiger partial charge in [-0.3, -0.25) is 9.69 Å². The summed E-state index contributed by atoms with van der Waals surface area (Å²) in [6.07, 6.45) is 8.19. The molecule has 5 heterocycles. The number of nitrogens with one attached hydrogen (secondary N) is 2. The molecule has 3 saturated heterocycles. The number of ether oxygens (including phenoxy) is 1. The van der Waals surface area contributed by atoms with Crippen LogP contribution in [0.1, 0.15) is 23.3 Å². The molecule has 28 heavy (non-hydrogen) atoms. The summed E-state index contributed by atoms with van der Waals surface area (Å²) >= 11 is 0. The molecule has 1 aromatic rings. The number of aromatic nitrogens is 1. The number of piperidine rings is 2. The van der Waals surface area contributed by atoms with Crippen molar-refractivity contribution in [3.05, 3.63) is 35.7 Å². The number of hydrogen-bond donors (Lipinski definition) is 3. The van der Waals surface area contributed by atoms with Crippen LogP contribution in [0.5, 0.6) is 5.75 Å². The molecule has 8 nitrogen and oxygen atoms in total. The van der Waals surface area contributed by atoms with Crippen molar-refractivity contribution in [2.45, 2.75) is 25.1 Å². The minimum atomic E-state index is -0.532. The van der Waals surface area contributed by atoms with Crippen LogP contribution in [-0.4, -0.2) is 65.0 Å². The Bertz CT molecular complexity index is 876. The first-order chi connectivity index (χ1) is 13.6. The van der Waals surface area contributed by atoms with Gasteiger partial charge in [0.05, 0.1) is 6.04 Å². The predicted molar refractivity (Wildman–Crippen MR) is 102 cm³/mol. The summed E-state index contributed by atoms with van der Waals surface area (Å²) in [6, 6.07) is 1.87. The van der Waals surface area contributed by atoms with Crippen LogP contribution < -0.4 is 15.1 Å². The van der Waals surface area contributed by atoms with Crippen molar-refractivity contribution < 1.29 is 14.6 Å². The standard InChI is InChI=1S/C20H25N5O3/c1-23-19(26)14-3-2-13(6-15(14)22-23)25-10-28-17-7-16(21-18(17)25)20(27)24-8-11-4-12(5-11)9-24/h2-3,6-7,11-12,14-15,19,21-22,26H,4-5,8-10H2,1H3. The molecular weight excluding hydrogens is 358 g/mol. The number of hydrazine groups is 1. The van der Waals surface area contributed by atoms with Gasteiger partial charge in [-0.25, -0.2) is 10.4 Å². The maximum atomic E-state index is 12.9. The molecule has 6 aliphatic rings. The number of aliphatic hydroxyl groups is 1. The van der Waals surface area contributed by atoms with Gasteiger partial charge >= 0.3 is 0 Å². The van der Waals surface area contributed by atoms with E-state index in [4.69, 9.17) is 4.74 Å². The quantitative estimate of drug-likeness (QED) is 0.703. The van der Waals surface area contributed by atoms with Crippen molar-refractivity contribution in [3.8, 4) is 5.75 Å². The number of aromatic amines is 1. The first-order valence-corrected chi connectivity index (χ1v) is 10.1. The lowest BCUT2D eigenvalue weighted by Crippen LogP contribution is -2.50. The zero-order chi connectivity index (χ0) is 19.0. The van der Waals surface area contributed by atoms with Gasteiger partial charge in [-0.15, -0.1) is 0 Å². The van der Waals surface area contributed by atoms with Crippen molar-refractivity contribution in [1.82, 2.24) is 20.3 Å². The lowest BCUT2D eigenvalue weighted by Gasteiger charge is -2.47. The average molecular weight is 383 g/mol. The van der Waals surface area contributed by atoms with Crippen LogP contribution in [-0.2, 0) is 0 Å².